The molecule has 2 fully saturated rings. The van der Waals surface area contributed by atoms with Gasteiger partial charge in [0.1, 0.15) is 0 Å². The van der Waals surface area contributed by atoms with Gasteiger partial charge in [-0.25, -0.2) is 9.67 Å². The molecule has 6 heteroatoms. The van der Waals surface area contributed by atoms with E-state index >= 15 is 0 Å². The van der Waals surface area contributed by atoms with Crippen LogP contribution >= 0.6 is 11.3 Å². The monoisotopic (exact) mass is 356 g/mol. The van der Waals surface area contributed by atoms with E-state index in [-0.39, 0.29) is 5.56 Å². The highest BCUT2D eigenvalue weighted by Crippen LogP contribution is 2.41. The van der Waals surface area contributed by atoms with Crippen molar-refractivity contribution >= 4 is 11.3 Å². The van der Waals surface area contributed by atoms with Crippen molar-refractivity contribution in [3.05, 3.63) is 43.8 Å². The van der Waals surface area contributed by atoms with Crippen LogP contribution in [0.3, 0.4) is 0 Å². The first-order valence-corrected chi connectivity index (χ1v) is 10.4. The van der Waals surface area contributed by atoms with E-state index in [1.165, 1.54) is 41.9 Å². The molecule has 3 aliphatic rings. The highest BCUT2D eigenvalue weighted by atomic mass is 32.1. The Labute approximate surface area is 151 Å². The fourth-order valence-electron chi connectivity index (χ4n) is 4.04. The molecule has 0 aromatic carbocycles. The predicted octanol–water partition coefficient (Wildman–Crippen LogP) is 2.59. The van der Waals surface area contributed by atoms with Crippen molar-refractivity contribution in [3.63, 3.8) is 0 Å². The maximum atomic E-state index is 12.3. The number of hydrogen-bond donors (Lipinski definition) is 0. The molecule has 5 nitrogen and oxygen atoms in total. The van der Waals surface area contributed by atoms with Crippen LogP contribution in [-0.4, -0.2) is 32.8 Å². The topological polar surface area (TPSA) is 51.0 Å². The first-order chi connectivity index (χ1) is 12.2. The number of hydrogen-bond acceptors (Lipinski definition) is 5. The van der Waals surface area contributed by atoms with Crippen LogP contribution in [0.5, 0.6) is 0 Å². The van der Waals surface area contributed by atoms with Crippen molar-refractivity contribution in [2.45, 2.75) is 57.5 Å². The van der Waals surface area contributed by atoms with Gasteiger partial charge in [0, 0.05) is 42.9 Å². The largest absolute Gasteiger partial charge is 0.297 e. The smallest absolute Gasteiger partial charge is 0.267 e. The van der Waals surface area contributed by atoms with Gasteiger partial charge in [-0.05, 0) is 44.1 Å². The normalized spacial score (nSPS) is 21.1. The summed E-state index contributed by atoms with van der Waals surface area (Å²) in [5.74, 6) is 1.29. The second-order valence-corrected chi connectivity index (χ2v) is 8.74. The fourth-order valence-corrected chi connectivity index (χ4v) is 5.02. The standard InChI is InChI=1S/C19H24N4OS/c24-18-7-15-3-1-2-4-17(15)21-23(18)10-13-8-22(9-13)11-16-12-25-19(20-16)14-5-6-14/h7,12-14H,1-6,8-11H2. The lowest BCUT2D eigenvalue weighted by Gasteiger charge is -2.38. The van der Waals surface area contributed by atoms with Gasteiger partial charge in [0.25, 0.3) is 5.56 Å². The van der Waals surface area contributed by atoms with E-state index in [0.717, 1.165) is 50.6 Å². The van der Waals surface area contributed by atoms with E-state index in [0.29, 0.717) is 5.92 Å². The van der Waals surface area contributed by atoms with Crippen molar-refractivity contribution < 1.29 is 0 Å². The van der Waals surface area contributed by atoms with Crippen LogP contribution in [0.15, 0.2) is 16.2 Å². The average molecular weight is 356 g/mol. The Hall–Kier alpha value is -1.53. The summed E-state index contributed by atoms with van der Waals surface area (Å²) >= 11 is 1.82. The van der Waals surface area contributed by atoms with E-state index in [4.69, 9.17) is 4.98 Å². The molecule has 132 valence electrons. The third-order valence-corrected chi connectivity index (χ3v) is 6.68. The van der Waals surface area contributed by atoms with Crippen molar-refractivity contribution in [1.29, 1.82) is 0 Å². The molecular formula is C19H24N4OS. The summed E-state index contributed by atoms with van der Waals surface area (Å²) in [6, 6.07) is 1.83. The highest BCUT2D eigenvalue weighted by Gasteiger charge is 2.30. The Kier molecular flexibility index (Phi) is 3.97. The lowest BCUT2D eigenvalue weighted by molar-refractivity contribution is 0.0753. The van der Waals surface area contributed by atoms with Gasteiger partial charge in [-0.1, -0.05) is 0 Å². The molecule has 0 spiro atoms. The van der Waals surface area contributed by atoms with E-state index < -0.39 is 0 Å². The van der Waals surface area contributed by atoms with Gasteiger partial charge in [-0.3, -0.25) is 9.69 Å². The molecule has 0 atom stereocenters. The Morgan fingerprint density at radius 1 is 1.20 bits per heavy atom. The molecule has 0 unspecified atom stereocenters. The first-order valence-electron chi connectivity index (χ1n) is 9.51. The van der Waals surface area contributed by atoms with Gasteiger partial charge in [0.05, 0.1) is 22.9 Å². The van der Waals surface area contributed by atoms with Crippen LogP contribution in [0.25, 0.3) is 0 Å². The SMILES string of the molecule is O=c1cc2c(nn1CC1CN(Cc3csc(C4CC4)n3)C1)CCCC2. The molecule has 2 aromatic rings. The predicted molar refractivity (Wildman–Crippen MR) is 98.0 cm³/mol. The molecule has 5 rings (SSSR count). The van der Waals surface area contributed by atoms with Crippen LogP contribution in [0.4, 0.5) is 0 Å². The third-order valence-electron chi connectivity index (χ3n) is 5.62. The van der Waals surface area contributed by atoms with E-state index in [1.807, 2.05) is 17.4 Å². The first kappa shape index (κ1) is 15.7. The second kappa shape index (κ2) is 6.32. The second-order valence-electron chi connectivity index (χ2n) is 7.86. The summed E-state index contributed by atoms with van der Waals surface area (Å²) in [6.07, 6.45) is 7.08. The third kappa shape index (κ3) is 3.29. The number of fused-ring (bicyclic) bond motifs is 1. The molecule has 0 bridgehead atoms. The molecular weight excluding hydrogens is 332 g/mol. The quantitative estimate of drug-likeness (QED) is 0.826. The van der Waals surface area contributed by atoms with Crippen LogP contribution < -0.4 is 5.56 Å². The van der Waals surface area contributed by atoms with Crippen LogP contribution in [0.2, 0.25) is 0 Å². The minimum atomic E-state index is 0.0766. The lowest BCUT2D eigenvalue weighted by atomic mass is 9.96. The van der Waals surface area contributed by atoms with Crippen molar-refractivity contribution in [3.8, 4) is 0 Å². The summed E-state index contributed by atoms with van der Waals surface area (Å²) in [5.41, 5.74) is 3.62. The number of likely N-dealkylation sites (tertiary alicyclic amines) is 1. The summed E-state index contributed by atoms with van der Waals surface area (Å²) in [6.45, 7) is 3.79. The van der Waals surface area contributed by atoms with E-state index in [9.17, 15) is 4.79 Å². The number of aryl methyl sites for hydroxylation is 2. The minimum Gasteiger partial charge on any atom is -0.297 e. The zero-order valence-electron chi connectivity index (χ0n) is 14.5. The van der Waals surface area contributed by atoms with Gasteiger partial charge in [0.15, 0.2) is 0 Å². The Bertz CT molecular complexity index is 832. The zero-order valence-corrected chi connectivity index (χ0v) is 15.3. The maximum absolute atomic E-state index is 12.3. The zero-order chi connectivity index (χ0) is 16.8. The number of aromatic nitrogens is 3. The molecule has 1 saturated carbocycles. The summed E-state index contributed by atoms with van der Waals surface area (Å²) in [5, 5.41) is 8.20. The van der Waals surface area contributed by atoms with Gasteiger partial charge >= 0.3 is 0 Å². The van der Waals surface area contributed by atoms with Gasteiger partial charge in [-0.2, -0.15) is 5.10 Å². The molecule has 25 heavy (non-hydrogen) atoms. The summed E-state index contributed by atoms with van der Waals surface area (Å²) < 4.78 is 1.71. The van der Waals surface area contributed by atoms with Crippen molar-refractivity contribution in [2.75, 3.05) is 13.1 Å². The van der Waals surface area contributed by atoms with Gasteiger partial charge < -0.3 is 0 Å². The summed E-state index contributed by atoms with van der Waals surface area (Å²) in [4.78, 5) is 19.5. The van der Waals surface area contributed by atoms with Crippen LogP contribution in [0.1, 0.15) is 53.6 Å². The van der Waals surface area contributed by atoms with Gasteiger partial charge in [-0.15, -0.1) is 11.3 Å². The van der Waals surface area contributed by atoms with E-state index in [1.54, 1.807) is 4.68 Å². The lowest BCUT2D eigenvalue weighted by Crippen LogP contribution is -2.49. The molecule has 2 aliphatic carbocycles. The van der Waals surface area contributed by atoms with Crippen LogP contribution in [0, 0.1) is 5.92 Å². The van der Waals surface area contributed by atoms with Crippen molar-refractivity contribution in [1.82, 2.24) is 19.7 Å². The Morgan fingerprint density at radius 3 is 2.88 bits per heavy atom. The Morgan fingerprint density at radius 2 is 2.04 bits per heavy atom. The van der Waals surface area contributed by atoms with Crippen LogP contribution in [-0.2, 0) is 25.9 Å². The molecule has 1 saturated heterocycles. The fraction of sp³-hybridized carbons (Fsp3) is 0.632. The Balaban J connectivity index is 1.17. The number of rotatable bonds is 5. The molecule has 3 heterocycles. The minimum absolute atomic E-state index is 0.0766. The molecule has 1 aliphatic heterocycles. The molecule has 0 radical (unpaired) electrons. The molecule has 0 N–H and O–H groups in total. The van der Waals surface area contributed by atoms with Gasteiger partial charge in [0.2, 0.25) is 0 Å². The van der Waals surface area contributed by atoms with E-state index in [2.05, 4.69) is 15.4 Å². The number of thiazole rings is 1. The molecule has 0 amide bonds. The summed E-state index contributed by atoms with van der Waals surface area (Å²) in [7, 11) is 0. The maximum Gasteiger partial charge on any atom is 0.267 e. The number of nitrogens with zero attached hydrogens (tertiary/aromatic N) is 4. The highest BCUT2D eigenvalue weighted by molar-refractivity contribution is 7.09. The molecule has 2 aromatic heterocycles. The van der Waals surface area contributed by atoms with Crippen molar-refractivity contribution in [2.24, 2.45) is 5.92 Å². The average Bonchev–Trinajstić information content (AvgIpc) is 3.33.